The van der Waals surface area contributed by atoms with E-state index in [1.165, 1.54) is 20.3 Å². The largest absolute Gasteiger partial charge is 0.493 e. The summed E-state index contributed by atoms with van der Waals surface area (Å²) in [5.41, 5.74) is 7.43. The fourth-order valence-corrected chi connectivity index (χ4v) is 3.51. The molecule has 1 aliphatic heterocycles. The maximum atomic E-state index is 15.7. The number of aliphatic imine (C=N–C) groups is 2. The summed E-state index contributed by atoms with van der Waals surface area (Å²) in [5.74, 6) is -0.252. The molecule has 1 heterocycles. The van der Waals surface area contributed by atoms with E-state index in [1.54, 1.807) is 18.4 Å². The van der Waals surface area contributed by atoms with E-state index in [0.717, 1.165) is 17.3 Å². The van der Waals surface area contributed by atoms with Crippen LogP contribution in [0, 0.1) is 5.82 Å². The van der Waals surface area contributed by atoms with Gasteiger partial charge in [0, 0.05) is 17.7 Å². The third-order valence-corrected chi connectivity index (χ3v) is 5.23. The summed E-state index contributed by atoms with van der Waals surface area (Å²) in [4.78, 5) is 20.4. The monoisotopic (exact) mass is 461 g/mol. The van der Waals surface area contributed by atoms with Crippen molar-refractivity contribution in [2.45, 2.75) is 13.0 Å². The molecule has 0 aromatic heterocycles. The first kappa shape index (κ1) is 23.4. The minimum atomic E-state index is -0.823. The number of methoxy groups -OCH3 is 2. The van der Waals surface area contributed by atoms with Crippen molar-refractivity contribution >= 4 is 34.3 Å². The van der Waals surface area contributed by atoms with Gasteiger partial charge in [0.15, 0.2) is 11.6 Å². The minimum Gasteiger partial charge on any atom is -0.493 e. The molecule has 0 saturated carbocycles. The maximum Gasteiger partial charge on any atom is 0.434 e. The Morgan fingerprint density at radius 2 is 1.88 bits per heavy atom. The molecular formula is C22H24FN3O5S. The maximum absolute atomic E-state index is 15.7. The van der Waals surface area contributed by atoms with Crippen LogP contribution in [0.15, 0.2) is 40.3 Å². The second-order valence-electron chi connectivity index (χ2n) is 6.65. The Balaban J connectivity index is 2.17. The fourth-order valence-electron chi connectivity index (χ4n) is 2.98. The van der Waals surface area contributed by atoms with E-state index in [2.05, 4.69) is 14.7 Å². The molecule has 0 saturated heterocycles. The Morgan fingerprint density at radius 1 is 1.19 bits per heavy atom. The third-order valence-electron chi connectivity index (χ3n) is 4.56. The van der Waals surface area contributed by atoms with Crippen molar-refractivity contribution in [2.75, 3.05) is 39.4 Å². The molecule has 32 heavy (non-hydrogen) atoms. The van der Waals surface area contributed by atoms with Gasteiger partial charge in [0.1, 0.15) is 10.8 Å². The van der Waals surface area contributed by atoms with Gasteiger partial charge in [-0.25, -0.2) is 9.18 Å². The van der Waals surface area contributed by atoms with E-state index in [0.29, 0.717) is 25.3 Å². The van der Waals surface area contributed by atoms with Crippen LogP contribution in [0.25, 0.3) is 0 Å². The van der Waals surface area contributed by atoms with E-state index in [4.69, 9.17) is 19.9 Å². The first-order chi connectivity index (χ1) is 15.5. The lowest BCUT2D eigenvalue weighted by Crippen LogP contribution is -2.18. The van der Waals surface area contributed by atoms with Crippen LogP contribution in [0.4, 0.5) is 14.9 Å². The molecule has 2 aromatic carbocycles. The lowest BCUT2D eigenvalue weighted by atomic mass is 10.1. The number of benzene rings is 2. The molecule has 0 fully saturated rings. The molecule has 8 nitrogen and oxygen atoms in total. The van der Waals surface area contributed by atoms with Gasteiger partial charge in [-0.05, 0) is 30.0 Å². The predicted molar refractivity (Wildman–Crippen MR) is 123 cm³/mol. The van der Waals surface area contributed by atoms with Crippen molar-refractivity contribution in [3.63, 3.8) is 0 Å². The summed E-state index contributed by atoms with van der Waals surface area (Å²) in [7, 11) is 2.67. The number of thioether (sulfide) groups is 1. The van der Waals surface area contributed by atoms with E-state index in [-0.39, 0.29) is 40.1 Å². The molecule has 170 valence electrons. The summed E-state index contributed by atoms with van der Waals surface area (Å²) in [6.07, 6.45) is 1.49. The lowest BCUT2D eigenvalue weighted by Gasteiger charge is -2.17. The van der Waals surface area contributed by atoms with Crippen LogP contribution in [0.3, 0.4) is 0 Å². The Labute approximate surface area is 189 Å². The van der Waals surface area contributed by atoms with Crippen LogP contribution >= 0.6 is 11.8 Å². The number of nitrogens with zero attached hydrogens (tertiary/aromatic N) is 2. The first-order valence-electron chi connectivity index (χ1n) is 9.74. The Bertz CT molecular complexity index is 1040. The molecular weight excluding hydrogens is 437 g/mol. The first-order valence-corrected chi connectivity index (χ1v) is 11.0. The van der Waals surface area contributed by atoms with Gasteiger partial charge >= 0.3 is 6.09 Å². The number of hydrogen-bond donors (Lipinski definition) is 1. The number of amides is 1. The molecule has 2 N–H and O–H groups in total. The summed E-state index contributed by atoms with van der Waals surface area (Å²) in [6.45, 7) is 0.868. The van der Waals surface area contributed by atoms with Gasteiger partial charge in [-0.15, -0.1) is 11.8 Å². The van der Waals surface area contributed by atoms with Gasteiger partial charge in [0.25, 0.3) is 0 Å². The van der Waals surface area contributed by atoms with Crippen molar-refractivity contribution in [3.8, 4) is 17.2 Å². The standard InChI is InChI=1S/C22H24FN3O5S/c1-28-16-11-15(17(23)20-19(16)30-9-4-10-31-20)18(21(32-3)26-22(27)29-2)25-12-13-5-7-14(24)8-6-13/h5-8,11H,4,9-10,12,24H2,1-3H3. The molecule has 2 aromatic rings. The molecule has 0 atom stereocenters. The van der Waals surface area contributed by atoms with Crippen molar-refractivity contribution < 1.29 is 28.1 Å². The van der Waals surface area contributed by atoms with Crippen LogP contribution < -0.4 is 19.9 Å². The van der Waals surface area contributed by atoms with Crippen LogP contribution in [0.1, 0.15) is 17.5 Å². The zero-order chi connectivity index (χ0) is 23.1. The van der Waals surface area contributed by atoms with Gasteiger partial charge < -0.3 is 24.7 Å². The summed E-state index contributed by atoms with van der Waals surface area (Å²) >= 11 is 1.14. The lowest BCUT2D eigenvalue weighted by molar-refractivity contribution is 0.183. The molecule has 1 aliphatic rings. The zero-order valence-electron chi connectivity index (χ0n) is 18.0. The molecule has 0 spiro atoms. The topological polar surface area (TPSA) is 105 Å². The highest BCUT2D eigenvalue weighted by Crippen LogP contribution is 2.43. The number of anilines is 1. The third kappa shape index (κ3) is 5.31. The molecule has 3 rings (SSSR count). The van der Waals surface area contributed by atoms with Gasteiger partial charge in [0.2, 0.25) is 11.5 Å². The number of carbonyl (C=O) groups excluding carboxylic acids is 1. The predicted octanol–water partition coefficient (Wildman–Crippen LogP) is 4.10. The number of ether oxygens (including phenoxy) is 4. The van der Waals surface area contributed by atoms with Gasteiger partial charge in [0.05, 0.1) is 34.0 Å². The van der Waals surface area contributed by atoms with E-state index < -0.39 is 11.9 Å². The molecule has 1 amide bonds. The molecule has 0 aliphatic carbocycles. The summed E-state index contributed by atoms with van der Waals surface area (Å²) < 4.78 is 37.0. The number of fused-ring (bicyclic) bond motifs is 1. The SMILES string of the molecule is COC(=O)N=C(SC)C(=NCc1ccc(N)cc1)c1cc(OC)c2c(c1F)OCCCO2. The highest BCUT2D eigenvalue weighted by Gasteiger charge is 2.28. The van der Waals surface area contributed by atoms with Crippen LogP contribution in [-0.4, -0.2) is 50.5 Å². The average Bonchev–Trinajstić information content (AvgIpc) is 3.07. The smallest absolute Gasteiger partial charge is 0.434 e. The zero-order valence-corrected chi connectivity index (χ0v) is 18.8. The summed E-state index contributed by atoms with van der Waals surface area (Å²) in [6, 6.07) is 8.60. The molecule has 10 heteroatoms. The number of halogens is 1. The number of nitrogens with two attached hydrogens (primary N) is 1. The Kier molecular flexibility index (Phi) is 7.93. The highest BCUT2D eigenvalue weighted by atomic mass is 32.2. The Morgan fingerprint density at radius 3 is 2.50 bits per heavy atom. The number of hydrogen-bond acceptors (Lipinski definition) is 8. The van der Waals surface area contributed by atoms with Crippen LogP contribution in [0.2, 0.25) is 0 Å². The second-order valence-corrected chi connectivity index (χ2v) is 7.44. The van der Waals surface area contributed by atoms with Crippen LogP contribution in [0.5, 0.6) is 17.2 Å². The van der Waals surface area contributed by atoms with E-state index >= 15 is 4.39 Å². The normalized spacial score (nSPS) is 14.0. The summed E-state index contributed by atoms with van der Waals surface area (Å²) in [5, 5.41) is 0.183. The van der Waals surface area contributed by atoms with Crippen molar-refractivity contribution in [1.82, 2.24) is 0 Å². The van der Waals surface area contributed by atoms with E-state index in [1.807, 2.05) is 12.1 Å². The quantitative estimate of drug-likeness (QED) is 0.406. The molecule has 0 bridgehead atoms. The molecule has 0 unspecified atom stereocenters. The van der Waals surface area contributed by atoms with Crippen molar-refractivity contribution in [3.05, 3.63) is 47.3 Å². The number of rotatable bonds is 5. The number of nitrogen functional groups attached to an aromatic ring is 1. The van der Waals surface area contributed by atoms with Crippen molar-refractivity contribution in [1.29, 1.82) is 0 Å². The van der Waals surface area contributed by atoms with Gasteiger partial charge in [-0.1, -0.05) is 12.1 Å². The van der Waals surface area contributed by atoms with Crippen LogP contribution in [-0.2, 0) is 11.3 Å². The minimum absolute atomic E-state index is 0.0597. The number of carbonyl (C=O) groups is 1. The van der Waals surface area contributed by atoms with E-state index in [9.17, 15) is 4.79 Å². The Hall–Kier alpha value is -3.27. The fraction of sp³-hybridized carbons (Fsp3) is 0.318. The van der Waals surface area contributed by atoms with Gasteiger partial charge in [-0.3, -0.25) is 4.99 Å². The average molecular weight is 462 g/mol. The molecule has 0 radical (unpaired) electrons. The van der Waals surface area contributed by atoms with Gasteiger partial charge in [-0.2, -0.15) is 4.99 Å². The highest BCUT2D eigenvalue weighted by molar-refractivity contribution is 8.15. The second kappa shape index (κ2) is 10.9. The van der Waals surface area contributed by atoms with Crippen molar-refractivity contribution in [2.24, 2.45) is 9.98 Å².